The molecule has 1 unspecified atom stereocenters. The molecule has 1 aromatic heterocycles. The maximum Gasteiger partial charge on any atom is 0.175 e. The minimum Gasteiger partial charge on any atom is -0.316 e. The Labute approximate surface area is 104 Å². The van der Waals surface area contributed by atoms with Gasteiger partial charge in [0.1, 0.15) is 0 Å². The van der Waals surface area contributed by atoms with Gasteiger partial charge in [-0.1, -0.05) is 27.7 Å². The number of hydrogen-bond acceptors (Lipinski definition) is 4. The summed E-state index contributed by atoms with van der Waals surface area (Å²) in [6.07, 6.45) is 2.05. The highest BCUT2D eigenvalue weighted by Crippen LogP contribution is 2.27. The number of tetrazole rings is 1. The third-order valence-corrected chi connectivity index (χ3v) is 3.02. The van der Waals surface area contributed by atoms with Crippen molar-refractivity contribution in [1.82, 2.24) is 25.5 Å². The first kappa shape index (κ1) is 14.1. The zero-order valence-corrected chi connectivity index (χ0v) is 11.7. The van der Waals surface area contributed by atoms with Gasteiger partial charge >= 0.3 is 0 Å². The highest BCUT2D eigenvalue weighted by Gasteiger charge is 2.25. The van der Waals surface area contributed by atoms with E-state index in [-0.39, 0.29) is 5.41 Å². The molecule has 17 heavy (non-hydrogen) atoms. The minimum atomic E-state index is 0.250. The van der Waals surface area contributed by atoms with Crippen molar-refractivity contribution in [2.45, 2.75) is 40.5 Å². The molecule has 1 heterocycles. The van der Waals surface area contributed by atoms with Crippen molar-refractivity contribution in [3.05, 3.63) is 5.82 Å². The Morgan fingerprint density at radius 1 is 1.35 bits per heavy atom. The van der Waals surface area contributed by atoms with Crippen molar-refractivity contribution in [2.24, 2.45) is 18.4 Å². The van der Waals surface area contributed by atoms with Crippen LogP contribution >= 0.6 is 0 Å². The molecule has 0 spiro atoms. The molecule has 5 nitrogen and oxygen atoms in total. The van der Waals surface area contributed by atoms with Gasteiger partial charge in [0.15, 0.2) is 5.82 Å². The molecule has 1 N–H and O–H groups in total. The van der Waals surface area contributed by atoms with E-state index in [4.69, 9.17) is 0 Å². The Hall–Kier alpha value is -0.970. The predicted molar refractivity (Wildman–Crippen MR) is 68.6 cm³/mol. The molecular weight excluding hydrogens is 214 g/mol. The number of rotatable bonds is 6. The Kier molecular flexibility index (Phi) is 5.05. The summed E-state index contributed by atoms with van der Waals surface area (Å²) < 4.78 is 0. The fourth-order valence-corrected chi connectivity index (χ4v) is 1.76. The van der Waals surface area contributed by atoms with Crippen molar-refractivity contribution >= 4 is 0 Å². The summed E-state index contributed by atoms with van der Waals surface area (Å²) in [5.74, 6) is 1.36. The molecule has 0 aliphatic rings. The first-order chi connectivity index (χ1) is 7.93. The quantitative estimate of drug-likeness (QED) is 0.763. The van der Waals surface area contributed by atoms with Crippen molar-refractivity contribution in [3.63, 3.8) is 0 Å². The maximum absolute atomic E-state index is 4.26. The molecule has 0 amide bonds. The van der Waals surface area contributed by atoms with Gasteiger partial charge in [0.2, 0.25) is 0 Å². The Balaban J connectivity index is 2.57. The van der Waals surface area contributed by atoms with Crippen LogP contribution in [0.4, 0.5) is 0 Å². The summed E-state index contributed by atoms with van der Waals surface area (Å²) in [5.41, 5.74) is 0.250. The van der Waals surface area contributed by atoms with Gasteiger partial charge in [-0.15, -0.1) is 10.2 Å². The van der Waals surface area contributed by atoms with Crippen LogP contribution < -0.4 is 5.32 Å². The summed E-state index contributed by atoms with van der Waals surface area (Å²) in [7, 11) is 1.80. The van der Waals surface area contributed by atoms with E-state index in [1.165, 1.54) is 11.2 Å². The van der Waals surface area contributed by atoms with E-state index >= 15 is 0 Å². The molecular formula is C12H25N5. The van der Waals surface area contributed by atoms with Crippen LogP contribution in [0.2, 0.25) is 0 Å². The maximum atomic E-state index is 4.26. The lowest BCUT2D eigenvalue weighted by Gasteiger charge is -2.30. The molecule has 1 atom stereocenters. The Morgan fingerprint density at radius 2 is 2.06 bits per heavy atom. The fraction of sp³-hybridized carbons (Fsp3) is 0.917. The second kappa shape index (κ2) is 6.10. The molecule has 0 aliphatic carbocycles. The normalized spacial score (nSPS) is 13.9. The second-order valence-corrected chi connectivity index (χ2v) is 5.67. The summed E-state index contributed by atoms with van der Waals surface area (Å²) in [4.78, 5) is 1.52. The van der Waals surface area contributed by atoms with Gasteiger partial charge in [-0.2, -0.15) is 4.80 Å². The molecule has 0 saturated carbocycles. The topological polar surface area (TPSA) is 55.6 Å². The van der Waals surface area contributed by atoms with Crippen LogP contribution in [-0.4, -0.2) is 33.3 Å². The molecule has 0 aliphatic heterocycles. The standard InChI is InChI=1S/C12H25N5/c1-6-7-13-9-10(12(2,3)4)8-11-14-16-17(5)15-11/h10,13H,6-9H2,1-5H3. The molecule has 1 aromatic rings. The molecule has 5 heteroatoms. The van der Waals surface area contributed by atoms with E-state index in [2.05, 4.69) is 48.4 Å². The molecule has 0 fully saturated rings. The zero-order valence-electron chi connectivity index (χ0n) is 11.7. The molecule has 98 valence electrons. The first-order valence-electron chi connectivity index (χ1n) is 6.37. The van der Waals surface area contributed by atoms with Gasteiger partial charge in [0.25, 0.3) is 0 Å². The van der Waals surface area contributed by atoms with Gasteiger partial charge in [0.05, 0.1) is 7.05 Å². The van der Waals surface area contributed by atoms with Crippen LogP contribution in [0.3, 0.4) is 0 Å². The van der Waals surface area contributed by atoms with Crippen molar-refractivity contribution in [3.8, 4) is 0 Å². The number of nitrogens with one attached hydrogen (secondary N) is 1. The Morgan fingerprint density at radius 3 is 2.53 bits per heavy atom. The van der Waals surface area contributed by atoms with Gasteiger partial charge < -0.3 is 5.32 Å². The fourth-order valence-electron chi connectivity index (χ4n) is 1.76. The summed E-state index contributed by atoms with van der Waals surface area (Å²) in [6.45, 7) is 11.1. The summed E-state index contributed by atoms with van der Waals surface area (Å²) >= 11 is 0. The molecule has 0 bridgehead atoms. The summed E-state index contributed by atoms with van der Waals surface area (Å²) in [5, 5.41) is 15.7. The van der Waals surface area contributed by atoms with E-state index in [1.807, 2.05) is 0 Å². The van der Waals surface area contributed by atoms with E-state index in [9.17, 15) is 0 Å². The molecule has 0 aromatic carbocycles. The van der Waals surface area contributed by atoms with Crippen LogP contribution in [0.1, 0.15) is 39.9 Å². The lowest BCUT2D eigenvalue weighted by Crippen LogP contribution is -2.34. The average Bonchev–Trinajstić information content (AvgIpc) is 2.61. The van der Waals surface area contributed by atoms with E-state index in [0.717, 1.165) is 25.3 Å². The van der Waals surface area contributed by atoms with Crippen molar-refractivity contribution in [1.29, 1.82) is 0 Å². The average molecular weight is 239 g/mol. The number of hydrogen-bond donors (Lipinski definition) is 1. The number of nitrogens with zero attached hydrogens (tertiary/aromatic N) is 4. The number of aryl methyl sites for hydroxylation is 1. The van der Waals surface area contributed by atoms with E-state index in [1.54, 1.807) is 7.05 Å². The Bertz CT molecular complexity index is 326. The summed E-state index contributed by atoms with van der Waals surface area (Å²) in [6, 6.07) is 0. The number of aromatic nitrogens is 4. The van der Waals surface area contributed by atoms with Gasteiger partial charge in [-0.05, 0) is 36.1 Å². The third kappa shape index (κ3) is 4.81. The second-order valence-electron chi connectivity index (χ2n) is 5.67. The SMILES string of the molecule is CCCNCC(Cc1nnn(C)n1)C(C)(C)C. The van der Waals surface area contributed by atoms with Crippen LogP contribution in [0.25, 0.3) is 0 Å². The molecule has 1 rings (SSSR count). The molecule has 0 radical (unpaired) electrons. The van der Waals surface area contributed by atoms with Gasteiger partial charge in [-0.3, -0.25) is 0 Å². The zero-order chi connectivity index (χ0) is 12.9. The highest BCUT2D eigenvalue weighted by atomic mass is 15.6. The van der Waals surface area contributed by atoms with Crippen molar-refractivity contribution < 1.29 is 0 Å². The van der Waals surface area contributed by atoms with E-state index < -0.39 is 0 Å². The van der Waals surface area contributed by atoms with E-state index in [0.29, 0.717) is 5.92 Å². The van der Waals surface area contributed by atoms with Crippen LogP contribution in [0.15, 0.2) is 0 Å². The smallest absolute Gasteiger partial charge is 0.175 e. The molecule has 0 saturated heterocycles. The van der Waals surface area contributed by atoms with Crippen LogP contribution in [0, 0.1) is 11.3 Å². The monoisotopic (exact) mass is 239 g/mol. The first-order valence-corrected chi connectivity index (χ1v) is 6.37. The lowest BCUT2D eigenvalue weighted by atomic mass is 9.78. The highest BCUT2D eigenvalue weighted by molar-refractivity contribution is 4.87. The largest absolute Gasteiger partial charge is 0.316 e. The van der Waals surface area contributed by atoms with Crippen LogP contribution in [0.5, 0.6) is 0 Å². The predicted octanol–water partition coefficient (Wildman–Crippen LogP) is 1.41. The van der Waals surface area contributed by atoms with Gasteiger partial charge in [-0.25, -0.2) is 0 Å². The van der Waals surface area contributed by atoms with Crippen LogP contribution in [-0.2, 0) is 13.5 Å². The minimum absolute atomic E-state index is 0.250. The van der Waals surface area contributed by atoms with Crippen molar-refractivity contribution in [2.75, 3.05) is 13.1 Å². The third-order valence-electron chi connectivity index (χ3n) is 3.02. The van der Waals surface area contributed by atoms with Gasteiger partial charge in [0, 0.05) is 6.42 Å². The lowest BCUT2D eigenvalue weighted by molar-refractivity contribution is 0.227.